The Balaban J connectivity index is 1.51. The normalized spacial score (nSPS) is 10.2. The van der Waals surface area contributed by atoms with E-state index in [1.807, 2.05) is 12.1 Å². The van der Waals surface area contributed by atoms with Crippen molar-refractivity contribution in [2.24, 2.45) is 0 Å². The summed E-state index contributed by atoms with van der Waals surface area (Å²) in [5, 5.41) is 5.32. The molecule has 0 unspecified atom stereocenters. The summed E-state index contributed by atoms with van der Waals surface area (Å²) in [7, 11) is 4.85. The second-order valence-electron chi connectivity index (χ2n) is 7.53. The molecule has 3 amide bonds. The quantitative estimate of drug-likeness (QED) is 0.510. The van der Waals surface area contributed by atoms with Crippen LogP contribution < -0.4 is 20.1 Å². The van der Waals surface area contributed by atoms with Gasteiger partial charge in [0.1, 0.15) is 11.5 Å². The van der Waals surface area contributed by atoms with Crippen molar-refractivity contribution in [1.82, 2.24) is 10.2 Å². The van der Waals surface area contributed by atoms with Gasteiger partial charge in [0.05, 0.1) is 7.11 Å². The van der Waals surface area contributed by atoms with Crippen molar-refractivity contribution < 1.29 is 23.9 Å². The van der Waals surface area contributed by atoms with E-state index in [1.54, 1.807) is 86.8 Å². The highest BCUT2D eigenvalue weighted by atomic mass is 16.5. The molecular weight excluding hydrogens is 434 g/mol. The number of hydrogen-bond donors (Lipinski definition) is 2. The van der Waals surface area contributed by atoms with Crippen LogP contribution in [0, 0.1) is 0 Å². The highest BCUT2D eigenvalue weighted by Gasteiger charge is 2.13. The van der Waals surface area contributed by atoms with Crippen LogP contribution in [0.15, 0.2) is 72.8 Å². The fourth-order valence-corrected chi connectivity index (χ4v) is 3.21. The summed E-state index contributed by atoms with van der Waals surface area (Å²) < 4.78 is 10.7. The standard InChI is InChI=1S/C26H27N3O5/c1-27-25(31)19-9-7-18(8-10-19)16-29(2)26(32)20-11-13-22(14-12-20)34-17-24(30)28-21-5-4-6-23(15-21)33-3/h4-15H,16-17H2,1-3H3,(H,27,31)(H,28,30). The average Bonchev–Trinajstić information content (AvgIpc) is 2.87. The number of ether oxygens (including phenoxy) is 2. The summed E-state index contributed by atoms with van der Waals surface area (Å²) >= 11 is 0. The van der Waals surface area contributed by atoms with Gasteiger partial charge in [0.15, 0.2) is 6.61 Å². The van der Waals surface area contributed by atoms with Gasteiger partial charge in [0, 0.05) is 43.5 Å². The van der Waals surface area contributed by atoms with Crippen molar-refractivity contribution in [2.75, 3.05) is 33.1 Å². The fraction of sp³-hybridized carbons (Fsp3) is 0.192. The molecule has 0 saturated carbocycles. The summed E-state index contributed by atoms with van der Waals surface area (Å²) in [6.45, 7) is 0.228. The van der Waals surface area contributed by atoms with Gasteiger partial charge >= 0.3 is 0 Å². The van der Waals surface area contributed by atoms with Gasteiger partial charge in [-0.25, -0.2) is 0 Å². The molecule has 0 heterocycles. The van der Waals surface area contributed by atoms with Gasteiger partial charge in [0.25, 0.3) is 17.7 Å². The molecule has 8 nitrogen and oxygen atoms in total. The van der Waals surface area contributed by atoms with Crippen molar-refractivity contribution in [1.29, 1.82) is 0 Å². The molecule has 0 aliphatic rings. The van der Waals surface area contributed by atoms with Gasteiger partial charge in [-0.05, 0) is 54.1 Å². The van der Waals surface area contributed by atoms with Gasteiger partial charge in [-0.1, -0.05) is 18.2 Å². The third kappa shape index (κ3) is 6.59. The minimum atomic E-state index is -0.310. The molecule has 0 aliphatic heterocycles. The summed E-state index contributed by atoms with van der Waals surface area (Å²) in [5.74, 6) is 0.499. The third-order valence-corrected chi connectivity index (χ3v) is 5.03. The number of hydrogen-bond acceptors (Lipinski definition) is 5. The van der Waals surface area contributed by atoms with Crippen LogP contribution in [-0.4, -0.2) is 50.4 Å². The summed E-state index contributed by atoms with van der Waals surface area (Å²) in [4.78, 5) is 38.1. The molecule has 3 aromatic rings. The van der Waals surface area contributed by atoms with E-state index in [0.29, 0.717) is 34.9 Å². The lowest BCUT2D eigenvalue weighted by Gasteiger charge is -2.18. The number of benzene rings is 3. The molecule has 0 aliphatic carbocycles. The highest BCUT2D eigenvalue weighted by Crippen LogP contribution is 2.18. The van der Waals surface area contributed by atoms with E-state index in [1.165, 1.54) is 0 Å². The molecule has 176 valence electrons. The van der Waals surface area contributed by atoms with E-state index in [-0.39, 0.29) is 24.3 Å². The Kier molecular flexibility index (Phi) is 8.23. The van der Waals surface area contributed by atoms with E-state index in [0.717, 1.165) is 5.56 Å². The van der Waals surface area contributed by atoms with Crippen LogP contribution >= 0.6 is 0 Å². The maximum Gasteiger partial charge on any atom is 0.262 e. The second-order valence-corrected chi connectivity index (χ2v) is 7.53. The first-order valence-electron chi connectivity index (χ1n) is 10.6. The molecule has 0 fully saturated rings. The largest absolute Gasteiger partial charge is 0.497 e. The van der Waals surface area contributed by atoms with Crippen LogP contribution in [0.2, 0.25) is 0 Å². The van der Waals surface area contributed by atoms with Crippen molar-refractivity contribution in [3.05, 3.63) is 89.5 Å². The number of anilines is 1. The van der Waals surface area contributed by atoms with Gasteiger partial charge in [-0.2, -0.15) is 0 Å². The zero-order valence-electron chi connectivity index (χ0n) is 19.3. The zero-order valence-corrected chi connectivity index (χ0v) is 19.3. The SMILES string of the molecule is CNC(=O)c1ccc(CN(C)C(=O)c2ccc(OCC(=O)Nc3cccc(OC)c3)cc2)cc1. The van der Waals surface area contributed by atoms with Gasteiger partial charge in [-0.3, -0.25) is 14.4 Å². The number of amides is 3. The topological polar surface area (TPSA) is 97.0 Å². The maximum absolute atomic E-state index is 12.8. The Bertz CT molecular complexity index is 1140. The minimum absolute atomic E-state index is 0.155. The van der Waals surface area contributed by atoms with Crippen molar-refractivity contribution >= 4 is 23.4 Å². The first-order valence-corrected chi connectivity index (χ1v) is 10.6. The van der Waals surface area contributed by atoms with E-state index < -0.39 is 0 Å². The first-order chi connectivity index (χ1) is 16.4. The van der Waals surface area contributed by atoms with Crippen molar-refractivity contribution in [3.8, 4) is 11.5 Å². The van der Waals surface area contributed by atoms with Gasteiger partial charge < -0.3 is 25.0 Å². The van der Waals surface area contributed by atoms with Gasteiger partial charge in [-0.15, -0.1) is 0 Å². The molecule has 0 atom stereocenters. The fourth-order valence-electron chi connectivity index (χ4n) is 3.21. The average molecular weight is 462 g/mol. The van der Waals surface area contributed by atoms with Crippen LogP contribution in [0.4, 0.5) is 5.69 Å². The second kappa shape index (κ2) is 11.5. The molecule has 0 saturated heterocycles. The third-order valence-electron chi connectivity index (χ3n) is 5.03. The zero-order chi connectivity index (χ0) is 24.5. The summed E-state index contributed by atoms with van der Waals surface area (Å²) in [5.41, 5.74) is 2.58. The predicted octanol–water partition coefficient (Wildman–Crippen LogP) is 3.34. The molecule has 0 aromatic heterocycles. The number of nitrogens with one attached hydrogen (secondary N) is 2. The van der Waals surface area contributed by atoms with E-state index >= 15 is 0 Å². The van der Waals surface area contributed by atoms with Crippen LogP contribution in [-0.2, 0) is 11.3 Å². The lowest BCUT2D eigenvalue weighted by atomic mass is 10.1. The molecular formula is C26H27N3O5. The number of nitrogens with zero attached hydrogens (tertiary/aromatic N) is 1. The minimum Gasteiger partial charge on any atom is -0.497 e. The van der Waals surface area contributed by atoms with E-state index in [9.17, 15) is 14.4 Å². The van der Waals surface area contributed by atoms with Crippen molar-refractivity contribution in [2.45, 2.75) is 6.54 Å². The Morgan fingerprint density at radius 3 is 2.21 bits per heavy atom. The Morgan fingerprint density at radius 2 is 1.56 bits per heavy atom. The van der Waals surface area contributed by atoms with Crippen LogP contribution in [0.5, 0.6) is 11.5 Å². The summed E-state index contributed by atoms with van der Waals surface area (Å²) in [6, 6.07) is 20.7. The Hall–Kier alpha value is -4.33. The predicted molar refractivity (Wildman–Crippen MR) is 129 cm³/mol. The molecule has 2 N–H and O–H groups in total. The van der Waals surface area contributed by atoms with Crippen LogP contribution in [0.1, 0.15) is 26.3 Å². The monoisotopic (exact) mass is 461 g/mol. The number of methoxy groups -OCH3 is 1. The highest BCUT2D eigenvalue weighted by molar-refractivity contribution is 5.95. The lowest BCUT2D eigenvalue weighted by molar-refractivity contribution is -0.118. The Morgan fingerprint density at radius 1 is 0.882 bits per heavy atom. The molecule has 3 rings (SSSR count). The van der Waals surface area contributed by atoms with E-state index in [4.69, 9.17) is 9.47 Å². The molecule has 3 aromatic carbocycles. The Labute approximate surface area is 198 Å². The molecule has 0 spiro atoms. The first kappa shape index (κ1) is 24.3. The van der Waals surface area contributed by atoms with E-state index in [2.05, 4.69) is 10.6 Å². The number of carbonyl (C=O) groups excluding carboxylic acids is 3. The molecule has 0 bridgehead atoms. The molecule has 0 radical (unpaired) electrons. The smallest absolute Gasteiger partial charge is 0.262 e. The maximum atomic E-state index is 12.8. The lowest BCUT2D eigenvalue weighted by Crippen LogP contribution is -2.26. The number of rotatable bonds is 9. The summed E-state index contributed by atoms with van der Waals surface area (Å²) in [6.07, 6.45) is 0. The van der Waals surface area contributed by atoms with Gasteiger partial charge in [0.2, 0.25) is 0 Å². The van der Waals surface area contributed by atoms with Crippen molar-refractivity contribution in [3.63, 3.8) is 0 Å². The molecule has 34 heavy (non-hydrogen) atoms. The molecule has 8 heteroatoms. The van der Waals surface area contributed by atoms with Crippen LogP contribution in [0.25, 0.3) is 0 Å². The number of carbonyl (C=O) groups is 3. The van der Waals surface area contributed by atoms with Crippen LogP contribution in [0.3, 0.4) is 0 Å².